The van der Waals surface area contributed by atoms with Crippen molar-refractivity contribution in [1.29, 1.82) is 0 Å². The number of hydrogen-bond donors (Lipinski definition) is 2. The molecule has 1 amide bonds. The number of aromatic nitrogens is 3. The van der Waals surface area contributed by atoms with Gasteiger partial charge in [-0.15, -0.1) is 0 Å². The van der Waals surface area contributed by atoms with Gasteiger partial charge in [0.2, 0.25) is 0 Å². The molecule has 0 unspecified atom stereocenters. The quantitative estimate of drug-likeness (QED) is 0.883. The molecule has 0 aromatic carbocycles. The molecule has 132 valence electrons. The molecule has 1 aliphatic heterocycles. The first-order valence-corrected chi connectivity index (χ1v) is 8.80. The van der Waals surface area contributed by atoms with E-state index in [0.29, 0.717) is 5.92 Å². The SMILES string of the molecule is Cc1[nH]ccc1C(=O)NC1CC(c2cc(N3CCOCC3)ncn2)C1. The van der Waals surface area contributed by atoms with Gasteiger partial charge in [0, 0.05) is 48.7 Å². The molecule has 1 aliphatic carbocycles. The standard InChI is InChI=1S/C18H23N5O2/c1-12-15(2-3-19-12)18(24)22-14-8-13(9-14)16-10-17(21-11-20-16)23-4-6-25-7-5-23/h2-3,10-11,13-14,19H,4-9H2,1H3,(H,22,24). The average molecular weight is 341 g/mol. The Hall–Kier alpha value is -2.41. The molecule has 0 bridgehead atoms. The molecule has 25 heavy (non-hydrogen) atoms. The molecular weight excluding hydrogens is 318 g/mol. The molecule has 1 saturated heterocycles. The van der Waals surface area contributed by atoms with Crippen molar-refractivity contribution in [2.45, 2.75) is 31.7 Å². The van der Waals surface area contributed by atoms with Gasteiger partial charge in [0.15, 0.2) is 0 Å². The summed E-state index contributed by atoms with van der Waals surface area (Å²) in [5.74, 6) is 1.36. The number of carbonyl (C=O) groups is 1. The molecule has 7 heteroatoms. The van der Waals surface area contributed by atoms with E-state index in [1.54, 1.807) is 12.5 Å². The molecule has 3 heterocycles. The molecule has 2 fully saturated rings. The fourth-order valence-corrected chi connectivity index (χ4v) is 3.49. The average Bonchev–Trinajstić information content (AvgIpc) is 3.04. The van der Waals surface area contributed by atoms with E-state index in [9.17, 15) is 4.79 Å². The van der Waals surface area contributed by atoms with Crippen LogP contribution >= 0.6 is 0 Å². The second-order valence-corrected chi connectivity index (χ2v) is 6.76. The van der Waals surface area contributed by atoms with Crippen molar-refractivity contribution in [2.75, 3.05) is 31.2 Å². The van der Waals surface area contributed by atoms with E-state index < -0.39 is 0 Å². The summed E-state index contributed by atoms with van der Waals surface area (Å²) < 4.78 is 5.39. The van der Waals surface area contributed by atoms with Crippen LogP contribution in [0.15, 0.2) is 24.7 Å². The van der Waals surface area contributed by atoms with Gasteiger partial charge in [-0.1, -0.05) is 0 Å². The van der Waals surface area contributed by atoms with Gasteiger partial charge in [0.05, 0.1) is 18.8 Å². The number of ether oxygens (including phenoxy) is 1. The summed E-state index contributed by atoms with van der Waals surface area (Å²) in [6.45, 7) is 5.14. The minimum atomic E-state index is -0.00102. The Morgan fingerprint density at radius 3 is 2.84 bits per heavy atom. The molecule has 4 rings (SSSR count). The number of aromatic amines is 1. The van der Waals surface area contributed by atoms with Crippen molar-refractivity contribution in [1.82, 2.24) is 20.3 Å². The summed E-state index contributed by atoms with van der Waals surface area (Å²) in [6.07, 6.45) is 5.29. The monoisotopic (exact) mass is 341 g/mol. The van der Waals surface area contributed by atoms with E-state index in [1.165, 1.54) is 0 Å². The zero-order chi connectivity index (χ0) is 17.2. The molecule has 2 aromatic heterocycles. The molecule has 0 atom stereocenters. The second-order valence-electron chi connectivity index (χ2n) is 6.76. The van der Waals surface area contributed by atoms with E-state index in [2.05, 4.69) is 31.2 Å². The van der Waals surface area contributed by atoms with E-state index in [4.69, 9.17) is 4.74 Å². The first-order valence-electron chi connectivity index (χ1n) is 8.80. The van der Waals surface area contributed by atoms with Crippen LogP contribution in [-0.4, -0.2) is 53.2 Å². The maximum Gasteiger partial charge on any atom is 0.253 e. The molecule has 2 aromatic rings. The topological polar surface area (TPSA) is 83.1 Å². The molecule has 2 N–H and O–H groups in total. The van der Waals surface area contributed by atoms with Gasteiger partial charge < -0.3 is 19.9 Å². The highest BCUT2D eigenvalue weighted by molar-refractivity contribution is 5.95. The third kappa shape index (κ3) is 3.37. The Kier molecular flexibility index (Phi) is 4.40. The Bertz CT molecular complexity index is 747. The maximum absolute atomic E-state index is 12.3. The zero-order valence-electron chi connectivity index (χ0n) is 14.4. The molecular formula is C18H23N5O2. The van der Waals surface area contributed by atoms with Crippen LogP contribution in [0.1, 0.15) is 40.5 Å². The first-order chi connectivity index (χ1) is 12.2. The number of nitrogens with zero attached hydrogens (tertiary/aromatic N) is 3. The van der Waals surface area contributed by atoms with Crippen LogP contribution in [-0.2, 0) is 4.74 Å². The summed E-state index contributed by atoms with van der Waals surface area (Å²) >= 11 is 0. The predicted molar refractivity (Wildman–Crippen MR) is 93.8 cm³/mol. The third-order valence-corrected chi connectivity index (χ3v) is 5.10. The Morgan fingerprint density at radius 2 is 2.12 bits per heavy atom. The van der Waals surface area contributed by atoms with Gasteiger partial charge >= 0.3 is 0 Å². The van der Waals surface area contributed by atoms with Gasteiger partial charge in [-0.2, -0.15) is 0 Å². The summed E-state index contributed by atoms with van der Waals surface area (Å²) in [6, 6.07) is 4.12. The number of amides is 1. The lowest BCUT2D eigenvalue weighted by molar-refractivity contribution is 0.0907. The molecule has 0 spiro atoms. The van der Waals surface area contributed by atoms with Crippen LogP contribution < -0.4 is 10.2 Å². The second kappa shape index (κ2) is 6.84. The van der Waals surface area contributed by atoms with E-state index in [-0.39, 0.29) is 11.9 Å². The van der Waals surface area contributed by atoms with Crippen LogP contribution in [0.4, 0.5) is 5.82 Å². The number of H-pyrrole nitrogens is 1. The van der Waals surface area contributed by atoms with E-state index in [0.717, 1.165) is 61.9 Å². The minimum absolute atomic E-state index is 0.00102. The van der Waals surface area contributed by atoms with Gasteiger partial charge in [-0.25, -0.2) is 9.97 Å². The number of rotatable bonds is 4. The van der Waals surface area contributed by atoms with Crippen molar-refractivity contribution < 1.29 is 9.53 Å². The zero-order valence-corrected chi connectivity index (χ0v) is 14.4. The largest absolute Gasteiger partial charge is 0.378 e. The van der Waals surface area contributed by atoms with Crippen molar-refractivity contribution >= 4 is 11.7 Å². The van der Waals surface area contributed by atoms with Gasteiger partial charge in [-0.05, 0) is 25.8 Å². The van der Waals surface area contributed by atoms with Crippen LogP contribution in [0.3, 0.4) is 0 Å². The fraction of sp³-hybridized carbons (Fsp3) is 0.500. The number of aryl methyl sites for hydroxylation is 1. The Balaban J connectivity index is 1.34. The number of anilines is 1. The lowest BCUT2D eigenvalue weighted by atomic mass is 9.78. The van der Waals surface area contributed by atoms with Crippen LogP contribution in [0.5, 0.6) is 0 Å². The van der Waals surface area contributed by atoms with Gasteiger partial charge in [0.25, 0.3) is 5.91 Å². The predicted octanol–water partition coefficient (Wildman–Crippen LogP) is 1.63. The normalized spacial score (nSPS) is 23.2. The van der Waals surface area contributed by atoms with Crippen molar-refractivity contribution in [3.05, 3.63) is 41.6 Å². The fourth-order valence-electron chi connectivity index (χ4n) is 3.49. The Labute approximate surface area is 146 Å². The lowest BCUT2D eigenvalue weighted by Gasteiger charge is -2.36. The molecule has 7 nitrogen and oxygen atoms in total. The highest BCUT2D eigenvalue weighted by Crippen LogP contribution is 2.36. The maximum atomic E-state index is 12.3. The molecule has 2 aliphatic rings. The smallest absolute Gasteiger partial charge is 0.253 e. The summed E-state index contributed by atoms with van der Waals surface area (Å²) in [7, 11) is 0. The minimum Gasteiger partial charge on any atom is -0.378 e. The van der Waals surface area contributed by atoms with Crippen LogP contribution in [0.2, 0.25) is 0 Å². The number of morpholine rings is 1. The number of carbonyl (C=O) groups excluding carboxylic acids is 1. The third-order valence-electron chi connectivity index (χ3n) is 5.10. The highest BCUT2D eigenvalue weighted by atomic mass is 16.5. The summed E-state index contributed by atoms with van der Waals surface area (Å²) in [5.41, 5.74) is 2.69. The van der Waals surface area contributed by atoms with E-state index in [1.807, 2.05) is 13.0 Å². The van der Waals surface area contributed by atoms with Crippen LogP contribution in [0.25, 0.3) is 0 Å². The summed E-state index contributed by atoms with van der Waals surface area (Å²) in [5, 5.41) is 3.11. The van der Waals surface area contributed by atoms with E-state index >= 15 is 0 Å². The molecule has 1 saturated carbocycles. The van der Waals surface area contributed by atoms with Crippen LogP contribution in [0, 0.1) is 6.92 Å². The number of nitrogens with one attached hydrogen (secondary N) is 2. The highest BCUT2D eigenvalue weighted by Gasteiger charge is 2.33. The lowest BCUT2D eigenvalue weighted by Crippen LogP contribution is -2.43. The van der Waals surface area contributed by atoms with Gasteiger partial charge in [-0.3, -0.25) is 4.79 Å². The first kappa shape index (κ1) is 16.1. The van der Waals surface area contributed by atoms with Crippen molar-refractivity contribution in [2.24, 2.45) is 0 Å². The molecule has 0 radical (unpaired) electrons. The number of hydrogen-bond acceptors (Lipinski definition) is 5. The Morgan fingerprint density at radius 1 is 1.32 bits per heavy atom. The van der Waals surface area contributed by atoms with Gasteiger partial charge in [0.1, 0.15) is 12.1 Å². The van der Waals surface area contributed by atoms with Crippen molar-refractivity contribution in [3.63, 3.8) is 0 Å². The van der Waals surface area contributed by atoms with Crippen molar-refractivity contribution in [3.8, 4) is 0 Å². The summed E-state index contributed by atoms with van der Waals surface area (Å²) in [4.78, 5) is 26.4.